The van der Waals surface area contributed by atoms with E-state index in [0.717, 1.165) is 0 Å². The SMILES string of the molecule is O=C(O)c1ccc(CNC(=O)N2CC(O)C(O)C2)cn1. The normalized spacial score (nSPS) is 21.8. The van der Waals surface area contributed by atoms with Gasteiger partial charge in [0.1, 0.15) is 5.69 Å². The van der Waals surface area contributed by atoms with E-state index in [-0.39, 0.29) is 25.3 Å². The molecule has 1 aromatic rings. The van der Waals surface area contributed by atoms with Crippen LogP contribution in [0, 0.1) is 0 Å². The highest BCUT2D eigenvalue weighted by Crippen LogP contribution is 2.10. The average molecular weight is 281 g/mol. The van der Waals surface area contributed by atoms with Crippen molar-refractivity contribution in [2.75, 3.05) is 13.1 Å². The van der Waals surface area contributed by atoms with Crippen LogP contribution in [0.5, 0.6) is 0 Å². The highest BCUT2D eigenvalue weighted by molar-refractivity contribution is 5.85. The molecule has 8 heteroatoms. The molecule has 2 unspecified atom stereocenters. The molecule has 4 N–H and O–H groups in total. The second-order valence-corrected chi connectivity index (χ2v) is 4.56. The zero-order valence-corrected chi connectivity index (χ0v) is 10.6. The molecule has 0 aromatic carbocycles. The first kappa shape index (κ1) is 14.2. The number of nitrogens with one attached hydrogen (secondary N) is 1. The lowest BCUT2D eigenvalue weighted by Crippen LogP contribution is -2.38. The van der Waals surface area contributed by atoms with Crippen LogP contribution in [0.4, 0.5) is 4.79 Å². The predicted octanol–water partition coefficient (Wildman–Crippen LogP) is -0.973. The number of carboxylic acids is 1. The number of carboxylic acid groups (broad SMARTS) is 1. The fourth-order valence-electron chi connectivity index (χ4n) is 1.88. The van der Waals surface area contributed by atoms with Crippen molar-refractivity contribution in [2.24, 2.45) is 0 Å². The van der Waals surface area contributed by atoms with Gasteiger partial charge in [-0.1, -0.05) is 6.07 Å². The Bertz CT molecular complexity index is 494. The number of carbonyl (C=O) groups excluding carboxylic acids is 1. The van der Waals surface area contributed by atoms with E-state index in [1.165, 1.54) is 17.2 Å². The molecular formula is C12H15N3O5. The molecule has 0 spiro atoms. The molecule has 1 saturated heterocycles. The van der Waals surface area contributed by atoms with Crippen molar-refractivity contribution in [2.45, 2.75) is 18.8 Å². The van der Waals surface area contributed by atoms with Crippen molar-refractivity contribution < 1.29 is 24.9 Å². The van der Waals surface area contributed by atoms with Gasteiger partial charge in [0, 0.05) is 12.7 Å². The molecule has 0 bridgehead atoms. The molecule has 2 heterocycles. The number of aliphatic hydroxyl groups is 2. The van der Waals surface area contributed by atoms with Gasteiger partial charge in [-0.3, -0.25) is 0 Å². The monoisotopic (exact) mass is 281 g/mol. The van der Waals surface area contributed by atoms with Crippen LogP contribution < -0.4 is 5.32 Å². The predicted molar refractivity (Wildman–Crippen MR) is 67.0 cm³/mol. The Kier molecular flexibility index (Phi) is 4.16. The van der Waals surface area contributed by atoms with E-state index < -0.39 is 24.2 Å². The van der Waals surface area contributed by atoms with Crippen LogP contribution in [-0.2, 0) is 6.54 Å². The van der Waals surface area contributed by atoms with Gasteiger partial charge in [0.05, 0.1) is 25.3 Å². The maximum Gasteiger partial charge on any atom is 0.354 e. The third-order valence-electron chi connectivity index (χ3n) is 3.03. The lowest BCUT2D eigenvalue weighted by molar-refractivity contribution is 0.0572. The minimum absolute atomic E-state index is 0.0640. The maximum absolute atomic E-state index is 11.8. The smallest absolute Gasteiger partial charge is 0.354 e. The second-order valence-electron chi connectivity index (χ2n) is 4.56. The molecule has 1 fully saturated rings. The number of nitrogens with zero attached hydrogens (tertiary/aromatic N) is 2. The molecule has 1 aliphatic heterocycles. The number of pyridine rings is 1. The van der Waals surface area contributed by atoms with Crippen molar-refractivity contribution >= 4 is 12.0 Å². The Labute approximate surface area is 114 Å². The Balaban J connectivity index is 1.86. The molecule has 1 aromatic heterocycles. The molecule has 20 heavy (non-hydrogen) atoms. The number of rotatable bonds is 3. The number of amides is 2. The van der Waals surface area contributed by atoms with Crippen molar-refractivity contribution in [1.82, 2.24) is 15.2 Å². The minimum atomic E-state index is -1.11. The van der Waals surface area contributed by atoms with Gasteiger partial charge in [0.25, 0.3) is 0 Å². The van der Waals surface area contributed by atoms with Gasteiger partial charge >= 0.3 is 12.0 Å². The van der Waals surface area contributed by atoms with Gasteiger partial charge in [0.2, 0.25) is 0 Å². The van der Waals surface area contributed by atoms with Gasteiger partial charge in [-0.15, -0.1) is 0 Å². The van der Waals surface area contributed by atoms with Crippen molar-refractivity contribution in [3.05, 3.63) is 29.6 Å². The van der Waals surface area contributed by atoms with Crippen LogP contribution >= 0.6 is 0 Å². The van der Waals surface area contributed by atoms with Crippen molar-refractivity contribution in [3.8, 4) is 0 Å². The quantitative estimate of drug-likeness (QED) is 0.565. The zero-order chi connectivity index (χ0) is 14.7. The second kappa shape index (κ2) is 5.85. The number of aromatic carboxylic acids is 1. The van der Waals surface area contributed by atoms with Gasteiger partial charge in [0.15, 0.2) is 0 Å². The maximum atomic E-state index is 11.8. The van der Waals surface area contributed by atoms with Gasteiger partial charge in [-0.2, -0.15) is 0 Å². The number of hydrogen-bond acceptors (Lipinski definition) is 5. The number of likely N-dealkylation sites (tertiary alicyclic amines) is 1. The Hall–Kier alpha value is -2.19. The topological polar surface area (TPSA) is 123 Å². The first-order valence-corrected chi connectivity index (χ1v) is 6.04. The van der Waals surface area contributed by atoms with Crippen LogP contribution in [0.2, 0.25) is 0 Å². The Morgan fingerprint density at radius 1 is 1.30 bits per heavy atom. The molecule has 0 aliphatic carbocycles. The molecule has 2 rings (SSSR count). The average Bonchev–Trinajstić information content (AvgIpc) is 2.76. The summed E-state index contributed by atoms with van der Waals surface area (Å²) in [7, 11) is 0. The van der Waals surface area contributed by atoms with Crippen LogP contribution in [-0.4, -0.2) is 62.5 Å². The number of aromatic nitrogens is 1. The van der Waals surface area contributed by atoms with E-state index >= 15 is 0 Å². The summed E-state index contributed by atoms with van der Waals surface area (Å²) in [4.78, 5) is 27.4. The molecule has 108 valence electrons. The Morgan fingerprint density at radius 2 is 1.95 bits per heavy atom. The standard InChI is InChI=1S/C12H15N3O5/c16-9-5-15(6-10(9)17)12(20)14-4-7-1-2-8(11(18)19)13-3-7/h1-3,9-10,16-17H,4-6H2,(H,14,20)(H,18,19). The third kappa shape index (κ3) is 3.22. The highest BCUT2D eigenvalue weighted by Gasteiger charge is 2.32. The van der Waals surface area contributed by atoms with E-state index in [2.05, 4.69) is 10.3 Å². The van der Waals surface area contributed by atoms with Gasteiger partial charge in [-0.05, 0) is 11.6 Å². The fourth-order valence-corrected chi connectivity index (χ4v) is 1.88. The van der Waals surface area contributed by atoms with Gasteiger partial charge < -0.3 is 25.5 Å². The van der Waals surface area contributed by atoms with Crippen LogP contribution in [0.15, 0.2) is 18.3 Å². The summed E-state index contributed by atoms with van der Waals surface area (Å²) in [5.41, 5.74) is 0.592. The molecular weight excluding hydrogens is 266 g/mol. The van der Waals surface area contributed by atoms with Crippen LogP contribution in [0.3, 0.4) is 0 Å². The number of hydrogen-bond donors (Lipinski definition) is 4. The van der Waals surface area contributed by atoms with E-state index in [1.54, 1.807) is 6.07 Å². The number of aliphatic hydroxyl groups excluding tert-OH is 2. The summed E-state index contributed by atoms with van der Waals surface area (Å²) in [5, 5.41) is 30.0. The summed E-state index contributed by atoms with van der Waals surface area (Å²) in [6.07, 6.45) is -0.466. The largest absolute Gasteiger partial charge is 0.477 e. The van der Waals surface area contributed by atoms with E-state index in [4.69, 9.17) is 5.11 Å². The van der Waals surface area contributed by atoms with Crippen molar-refractivity contribution in [3.63, 3.8) is 0 Å². The summed E-state index contributed by atoms with van der Waals surface area (Å²) >= 11 is 0. The summed E-state index contributed by atoms with van der Waals surface area (Å²) in [6.45, 7) is 0.362. The highest BCUT2D eigenvalue weighted by atomic mass is 16.4. The lowest BCUT2D eigenvalue weighted by Gasteiger charge is -2.16. The number of urea groups is 1. The van der Waals surface area contributed by atoms with E-state index in [1.807, 2.05) is 0 Å². The molecule has 2 amide bonds. The number of carbonyl (C=O) groups is 2. The molecule has 0 saturated carbocycles. The zero-order valence-electron chi connectivity index (χ0n) is 10.6. The van der Waals surface area contributed by atoms with Crippen LogP contribution in [0.1, 0.15) is 16.1 Å². The minimum Gasteiger partial charge on any atom is -0.477 e. The summed E-state index contributed by atoms with van der Waals surface area (Å²) in [6, 6.07) is 2.51. The third-order valence-corrected chi connectivity index (χ3v) is 3.03. The van der Waals surface area contributed by atoms with E-state index in [9.17, 15) is 19.8 Å². The number of β-amino-alcohol motifs (C(OH)–C–C–N with tert-alkyl or cyclic N) is 2. The molecule has 8 nitrogen and oxygen atoms in total. The van der Waals surface area contributed by atoms with E-state index in [0.29, 0.717) is 5.56 Å². The first-order valence-electron chi connectivity index (χ1n) is 6.04. The van der Waals surface area contributed by atoms with Gasteiger partial charge in [-0.25, -0.2) is 14.6 Å². The molecule has 1 aliphatic rings. The molecule has 2 atom stereocenters. The van der Waals surface area contributed by atoms with Crippen LogP contribution in [0.25, 0.3) is 0 Å². The lowest BCUT2D eigenvalue weighted by atomic mass is 10.2. The molecule has 0 radical (unpaired) electrons. The summed E-state index contributed by atoms with van der Waals surface area (Å²) < 4.78 is 0. The fraction of sp³-hybridized carbons (Fsp3) is 0.417. The Morgan fingerprint density at radius 3 is 2.45 bits per heavy atom. The van der Waals surface area contributed by atoms with Crippen molar-refractivity contribution in [1.29, 1.82) is 0 Å². The summed E-state index contributed by atoms with van der Waals surface area (Å²) in [5.74, 6) is -1.11. The first-order chi connectivity index (χ1) is 9.47.